The van der Waals surface area contributed by atoms with Crippen molar-refractivity contribution in [3.63, 3.8) is 0 Å². The van der Waals surface area contributed by atoms with Gasteiger partial charge in [0.15, 0.2) is 11.5 Å². The second kappa shape index (κ2) is 9.10. The summed E-state index contributed by atoms with van der Waals surface area (Å²) in [4.78, 5) is 18.8. The van der Waals surface area contributed by atoms with E-state index in [1.165, 1.54) is 11.8 Å². The van der Waals surface area contributed by atoms with Crippen LogP contribution in [-0.4, -0.2) is 30.1 Å². The zero-order valence-corrected chi connectivity index (χ0v) is 18.5. The van der Waals surface area contributed by atoms with Gasteiger partial charge in [-0.05, 0) is 42.5 Å². The largest absolute Gasteiger partial charge is 0.486 e. The average Bonchev–Trinajstić information content (AvgIpc) is 2.82. The van der Waals surface area contributed by atoms with Crippen LogP contribution in [-0.2, 0) is 0 Å². The SMILES string of the molecule is O=C(NC[C@@H]1COc2ccccc2O1)c1cc(Sc2cccc(Cl)c2)nc2ccccc12. The average molecular weight is 463 g/mol. The van der Waals surface area contributed by atoms with Gasteiger partial charge in [0, 0.05) is 15.3 Å². The van der Waals surface area contributed by atoms with Gasteiger partial charge in [-0.3, -0.25) is 4.79 Å². The molecule has 0 fully saturated rings. The monoisotopic (exact) mass is 462 g/mol. The van der Waals surface area contributed by atoms with E-state index >= 15 is 0 Å². The van der Waals surface area contributed by atoms with E-state index in [0.29, 0.717) is 29.5 Å². The molecule has 0 bridgehead atoms. The Morgan fingerprint density at radius 2 is 1.84 bits per heavy atom. The van der Waals surface area contributed by atoms with E-state index < -0.39 is 0 Å². The van der Waals surface area contributed by atoms with Gasteiger partial charge in [0.25, 0.3) is 5.91 Å². The fourth-order valence-electron chi connectivity index (χ4n) is 3.51. The lowest BCUT2D eigenvalue weighted by atomic mass is 10.1. The van der Waals surface area contributed by atoms with Crippen molar-refractivity contribution in [3.8, 4) is 11.5 Å². The van der Waals surface area contributed by atoms with E-state index in [4.69, 9.17) is 26.1 Å². The van der Waals surface area contributed by atoms with Crippen molar-refractivity contribution in [2.24, 2.45) is 0 Å². The highest BCUT2D eigenvalue weighted by Gasteiger charge is 2.22. The number of benzene rings is 3. The molecule has 1 atom stereocenters. The van der Waals surface area contributed by atoms with Crippen LogP contribution in [0.25, 0.3) is 10.9 Å². The number of carbonyl (C=O) groups excluding carboxylic acids is 1. The highest BCUT2D eigenvalue weighted by atomic mass is 35.5. The van der Waals surface area contributed by atoms with E-state index in [0.717, 1.165) is 26.6 Å². The molecule has 7 heteroatoms. The van der Waals surface area contributed by atoms with E-state index in [-0.39, 0.29) is 12.0 Å². The molecule has 0 spiro atoms. The standard InChI is InChI=1S/C25H19ClN2O3S/c26-16-6-5-7-18(12-16)32-24-13-20(19-8-1-2-9-21(19)28-24)25(29)27-14-17-15-30-22-10-3-4-11-23(22)31-17/h1-13,17H,14-15H2,(H,27,29)/t17-/m1/s1. The third-order valence-corrected chi connectivity index (χ3v) is 6.16. The van der Waals surface area contributed by atoms with Crippen LogP contribution in [0.5, 0.6) is 11.5 Å². The molecule has 0 saturated carbocycles. The number of nitrogens with zero attached hydrogens (tertiary/aromatic N) is 1. The smallest absolute Gasteiger partial charge is 0.252 e. The summed E-state index contributed by atoms with van der Waals surface area (Å²) in [5, 5.41) is 5.17. The normalized spacial score (nSPS) is 14.8. The van der Waals surface area contributed by atoms with Crippen LogP contribution in [0.4, 0.5) is 0 Å². The van der Waals surface area contributed by atoms with Gasteiger partial charge in [-0.1, -0.05) is 59.8 Å². The molecule has 1 amide bonds. The number of aromatic nitrogens is 1. The maximum Gasteiger partial charge on any atom is 0.252 e. The highest BCUT2D eigenvalue weighted by molar-refractivity contribution is 7.99. The van der Waals surface area contributed by atoms with Gasteiger partial charge in [-0.15, -0.1) is 0 Å². The van der Waals surface area contributed by atoms with Crippen molar-refractivity contribution in [2.45, 2.75) is 16.0 Å². The van der Waals surface area contributed by atoms with Crippen molar-refractivity contribution in [1.29, 1.82) is 0 Å². The van der Waals surface area contributed by atoms with Crippen LogP contribution in [0.2, 0.25) is 5.02 Å². The van der Waals surface area contributed by atoms with Gasteiger partial charge < -0.3 is 14.8 Å². The van der Waals surface area contributed by atoms with Crippen LogP contribution in [0.3, 0.4) is 0 Å². The van der Waals surface area contributed by atoms with Gasteiger partial charge in [0.1, 0.15) is 17.7 Å². The Bertz CT molecular complexity index is 1300. The van der Waals surface area contributed by atoms with Crippen LogP contribution >= 0.6 is 23.4 Å². The number of fused-ring (bicyclic) bond motifs is 2. The summed E-state index contributed by atoms with van der Waals surface area (Å²) in [6, 6.07) is 24.5. The van der Waals surface area contributed by atoms with Gasteiger partial charge in [0.05, 0.1) is 17.6 Å². The molecule has 160 valence electrons. The fourth-order valence-corrected chi connectivity index (χ4v) is 4.66. The number of hydrogen-bond acceptors (Lipinski definition) is 5. The number of pyridine rings is 1. The lowest BCUT2D eigenvalue weighted by molar-refractivity contribution is 0.0790. The van der Waals surface area contributed by atoms with Crippen LogP contribution in [0, 0.1) is 0 Å². The van der Waals surface area contributed by atoms with Gasteiger partial charge in [-0.2, -0.15) is 0 Å². The summed E-state index contributed by atoms with van der Waals surface area (Å²) in [7, 11) is 0. The second-order valence-corrected chi connectivity index (χ2v) is 8.82. The van der Waals surface area contributed by atoms with E-state index in [1.54, 1.807) is 0 Å². The molecule has 5 nitrogen and oxygen atoms in total. The molecule has 0 radical (unpaired) electrons. The Morgan fingerprint density at radius 3 is 2.72 bits per heavy atom. The minimum atomic E-state index is -0.262. The first-order valence-corrected chi connectivity index (χ1v) is 11.3. The number of para-hydroxylation sites is 3. The molecule has 0 aliphatic carbocycles. The predicted molar refractivity (Wildman–Crippen MR) is 126 cm³/mol. The topological polar surface area (TPSA) is 60.5 Å². The lowest BCUT2D eigenvalue weighted by Gasteiger charge is -2.26. The maximum atomic E-state index is 13.1. The molecule has 32 heavy (non-hydrogen) atoms. The summed E-state index contributed by atoms with van der Waals surface area (Å²) in [5.41, 5.74) is 1.33. The number of halogens is 1. The molecule has 5 rings (SSSR count). The maximum absolute atomic E-state index is 13.1. The molecule has 1 N–H and O–H groups in total. The van der Waals surface area contributed by atoms with E-state index in [9.17, 15) is 4.79 Å². The van der Waals surface area contributed by atoms with Gasteiger partial charge in [0.2, 0.25) is 0 Å². The molecule has 1 aromatic heterocycles. The number of ether oxygens (including phenoxy) is 2. The lowest BCUT2D eigenvalue weighted by Crippen LogP contribution is -2.40. The first kappa shape index (κ1) is 20.7. The molecule has 0 unspecified atom stereocenters. The van der Waals surface area contributed by atoms with E-state index in [2.05, 4.69) is 5.32 Å². The quantitative estimate of drug-likeness (QED) is 0.417. The van der Waals surface area contributed by atoms with Crippen molar-refractivity contribution < 1.29 is 14.3 Å². The van der Waals surface area contributed by atoms with Crippen molar-refractivity contribution in [3.05, 3.63) is 89.4 Å². The third kappa shape index (κ3) is 4.52. The van der Waals surface area contributed by atoms with Crippen LogP contribution in [0.1, 0.15) is 10.4 Å². The first-order chi connectivity index (χ1) is 15.7. The number of amides is 1. The number of carbonyl (C=O) groups is 1. The van der Waals surface area contributed by atoms with Crippen molar-refractivity contribution in [2.75, 3.05) is 13.2 Å². The minimum Gasteiger partial charge on any atom is -0.486 e. The summed E-state index contributed by atoms with van der Waals surface area (Å²) >= 11 is 7.58. The number of nitrogens with one attached hydrogen (secondary N) is 1. The Hall–Kier alpha value is -3.22. The fraction of sp³-hybridized carbons (Fsp3) is 0.120. The summed E-state index contributed by atoms with van der Waals surface area (Å²) in [6.45, 7) is 0.713. The van der Waals surface area contributed by atoms with Gasteiger partial charge >= 0.3 is 0 Å². The van der Waals surface area contributed by atoms with Crippen molar-refractivity contribution >= 4 is 40.2 Å². The molecule has 2 heterocycles. The molecular weight excluding hydrogens is 444 g/mol. The molecule has 3 aromatic carbocycles. The Kier molecular flexibility index (Phi) is 5.88. The van der Waals surface area contributed by atoms with Crippen molar-refractivity contribution in [1.82, 2.24) is 10.3 Å². The molecule has 1 aliphatic rings. The Labute approximate surface area is 194 Å². The van der Waals surface area contributed by atoms with E-state index in [1.807, 2.05) is 78.9 Å². The molecular formula is C25H19ClN2O3S. The summed E-state index contributed by atoms with van der Waals surface area (Å²) in [6.07, 6.45) is -0.262. The second-order valence-electron chi connectivity index (χ2n) is 7.29. The Balaban J connectivity index is 1.36. The van der Waals surface area contributed by atoms with Crippen LogP contribution < -0.4 is 14.8 Å². The minimum absolute atomic E-state index is 0.181. The summed E-state index contributed by atoms with van der Waals surface area (Å²) < 4.78 is 11.7. The Morgan fingerprint density at radius 1 is 1.03 bits per heavy atom. The zero-order valence-electron chi connectivity index (χ0n) is 17.0. The van der Waals surface area contributed by atoms with Crippen LogP contribution in [0.15, 0.2) is 88.8 Å². The summed E-state index contributed by atoms with van der Waals surface area (Å²) in [5.74, 6) is 1.23. The molecule has 1 aliphatic heterocycles. The molecule has 0 saturated heterocycles. The predicted octanol–water partition coefficient (Wildman–Crippen LogP) is 5.61. The first-order valence-electron chi connectivity index (χ1n) is 10.2. The highest BCUT2D eigenvalue weighted by Crippen LogP contribution is 2.32. The molecule has 4 aromatic rings. The van der Waals surface area contributed by atoms with Gasteiger partial charge in [-0.25, -0.2) is 4.98 Å². The number of hydrogen-bond donors (Lipinski definition) is 1. The third-order valence-electron chi connectivity index (χ3n) is 5.01. The number of rotatable bonds is 5. The zero-order chi connectivity index (χ0) is 21.9.